The molecule has 1 unspecified atom stereocenters. The van der Waals surface area contributed by atoms with Crippen LogP contribution in [0.3, 0.4) is 0 Å². The summed E-state index contributed by atoms with van der Waals surface area (Å²) in [5.41, 5.74) is 2.69. The third kappa shape index (κ3) is 3.06. The Morgan fingerprint density at radius 2 is 2.09 bits per heavy atom. The van der Waals surface area contributed by atoms with Crippen LogP contribution in [0, 0.1) is 0 Å². The zero-order valence-electron chi connectivity index (χ0n) is 13.3. The molecule has 0 bridgehead atoms. The molecule has 0 aromatic carbocycles. The summed E-state index contributed by atoms with van der Waals surface area (Å²) in [6, 6.07) is 5.41. The van der Waals surface area contributed by atoms with Crippen molar-refractivity contribution in [1.29, 1.82) is 0 Å². The highest BCUT2D eigenvalue weighted by Gasteiger charge is 2.17. The monoisotopic (exact) mass is 310 g/mol. The molecule has 0 spiro atoms. The second-order valence-electron chi connectivity index (χ2n) is 5.78. The molecule has 3 aromatic rings. The average Bonchev–Trinajstić information content (AvgIpc) is 2.98. The smallest absolute Gasteiger partial charge is 0.257 e. The van der Waals surface area contributed by atoms with E-state index in [0.29, 0.717) is 11.3 Å². The molecule has 1 amide bonds. The van der Waals surface area contributed by atoms with Crippen LogP contribution in [0.2, 0.25) is 0 Å². The predicted molar refractivity (Wildman–Crippen MR) is 86.0 cm³/mol. The second kappa shape index (κ2) is 6.16. The van der Waals surface area contributed by atoms with Gasteiger partial charge in [-0.3, -0.25) is 9.78 Å². The first-order chi connectivity index (χ1) is 11.1. The van der Waals surface area contributed by atoms with Crippen molar-refractivity contribution in [2.45, 2.75) is 32.7 Å². The van der Waals surface area contributed by atoms with Gasteiger partial charge in [0.15, 0.2) is 0 Å². The summed E-state index contributed by atoms with van der Waals surface area (Å²) >= 11 is 0. The quantitative estimate of drug-likeness (QED) is 0.800. The Labute approximate surface area is 133 Å². The predicted octanol–water partition coefficient (Wildman–Crippen LogP) is 3.23. The summed E-state index contributed by atoms with van der Waals surface area (Å²) in [4.78, 5) is 20.7. The minimum Gasteiger partial charge on any atom is -0.345 e. The average molecular weight is 310 g/mol. The summed E-state index contributed by atoms with van der Waals surface area (Å²) in [5.74, 6) is 0.0114. The zero-order chi connectivity index (χ0) is 16.4. The number of amides is 1. The van der Waals surface area contributed by atoms with E-state index >= 15 is 0 Å². The Balaban J connectivity index is 1.85. The number of aromatic nitrogens is 3. The maximum Gasteiger partial charge on any atom is 0.257 e. The van der Waals surface area contributed by atoms with E-state index in [9.17, 15) is 4.79 Å². The van der Waals surface area contributed by atoms with Crippen LogP contribution >= 0.6 is 0 Å². The lowest BCUT2D eigenvalue weighted by Crippen LogP contribution is -2.26. The van der Waals surface area contributed by atoms with Gasteiger partial charge in [0.2, 0.25) is 0 Å². The Morgan fingerprint density at radius 1 is 1.26 bits per heavy atom. The molecule has 0 aliphatic rings. The number of hydrogen-bond acceptors (Lipinski definition) is 5. The fourth-order valence-corrected chi connectivity index (χ4v) is 2.39. The topological polar surface area (TPSA) is 80.9 Å². The van der Waals surface area contributed by atoms with Crippen molar-refractivity contribution in [1.82, 2.24) is 20.4 Å². The van der Waals surface area contributed by atoms with E-state index in [1.807, 2.05) is 32.9 Å². The van der Waals surface area contributed by atoms with Crippen molar-refractivity contribution in [3.05, 3.63) is 53.6 Å². The Kier molecular flexibility index (Phi) is 4.06. The van der Waals surface area contributed by atoms with Gasteiger partial charge in [0.05, 0.1) is 22.7 Å². The van der Waals surface area contributed by atoms with E-state index in [2.05, 4.69) is 20.4 Å². The molecule has 3 aromatic heterocycles. The van der Waals surface area contributed by atoms with Crippen LogP contribution in [0.4, 0.5) is 0 Å². The number of fused-ring (bicyclic) bond motifs is 1. The number of carbonyl (C=O) groups excluding carboxylic acids is 1. The van der Waals surface area contributed by atoms with Crippen LogP contribution < -0.4 is 5.32 Å². The van der Waals surface area contributed by atoms with Gasteiger partial charge < -0.3 is 9.84 Å². The van der Waals surface area contributed by atoms with Gasteiger partial charge in [-0.2, -0.15) is 0 Å². The molecular weight excluding hydrogens is 292 g/mol. The largest absolute Gasteiger partial charge is 0.345 e. The lowest BCUT2D eigenvalue weighted by Gasteiger charge is -2.13. The van der Waals surface area contributed by atoms with Gasteiger partial charge in [0.25, 0.3) is 11.6 Å². The minimum absolute atomic E-state index is 0.140. The molecule has 0 radical (unpaired) electrons. The summed E-state index contributed by atoms with van der Waals surface area (Å²) in [6.45, 7) is 5.96. The van der Waals surface area contributed by atoms with E-state index in [4.69, 9.17) is 4.52 Å². The van der Waals surface area contributed by atoms with Crippen LogP contribution in [-0.4, -0.2) is 21.0 Å². The van der Waals surface area contributed by atoms with Crippen LogP contribution in [0.1, 0.15) is 54.3 Å². The van der Waals surface area contributed by atoms with Gasteiger partial charge in [-0.15, -0.1) is 0 Å². The fourth-order valence-electron chi connectivity index (χ4n) is 2.39. The third-order valence-corrected chi connectivity index (χ3v) is 3.70. The number of carbonyl (C=O) groups is 1. The lowest BCUT2D eigenvalue weighted by atomic mass is 10.1. The van der Waals surface area contributed by atoms with Gasteiger partial charge in [0.1, 0.15) is 0 Å². The highest BCUT2D eigenvalue weighted by molar-refractivity contribution is 5.97. The number of pyridine rings is 2. The summed E-state index contributed by atoms with van der Waals surface area (Å²) in [6.07, 6.45) is 4.95. The molecule has 3 rings (SSSR count). The third-order valence-electron chi connectivity index (χ3n) is 3.70. The van der Waals surface area contributed by atoms with Gasteiger partial charge >= 0.3 is 0 Å². The Bertz CT molecular complexity index is 827. The van der Waals surface area contributed by atoms with E-state index in [1.165, 1.54) is 6.20 Å². The maximum absolute atomic E-state index is 12.5. The highest BCUT2D eigenvalue weighted by atomic mass is 16.5. The first-order valence-corrected chi connectivity index (χ1v) is 7.52. The Hall–Kier alpha value is -2.76. The van der Waals surface area contributed by atoms with Gasteiger partial charge in [0, 0.05) is 18.6 Å². The van der Waals surface area contributed by atoms with Crippen molar-refractivity contribution in [3.63, 3.8) is 0 Å². The van der Waals surface area contributed by atoms with Crippen LogP contribution in [-0.2, 0) is 0 Å². The lowest BCUT2D eigenvalue weighted by molar-refractivity contribution is 0.0939. The van der Waals surface area contributed by atoms with E-state index in [1.54, 1.807) is 18.5 Å². The van der Waals surface area contributed by atoms with Crippen molar-refractivity contribution >= 4 is 17.0 Å². The molecule has 0 saturated carbocycles. The van der Waals surface area contributed by atoms with Crippen LogP contribution in [0.5, 0.6) is 0 Å². The highest BCUT2D eigenvalue weighted by Crippen LogP contribution is 2.24. The molecule has 1 atom stereocenters. The van der Waals surface area contributed by atoms with Crippen LogP contribution in [0.15, 0.2) is 41.3 Å². The minimum atomic E-state index is -0.188. The summed E-state index contributed by atoms with van der Waals surface area (Å²) in [7, 11) is 0. The number of hydrogen-bond donors (Lipinski definition) is 1. The summed E-state index contributed by atoms with van der Waals surface area (Å²) < 4.78 is 5.19. The molecule has 0 fully saturated rings. The summed E-state index contributed by atoms with van der Waals surface area (Å²) in [5, 5.41) is 7.75. The van der Waals surface area contributed by atoms with Gasteiger partial charge in [-0.05, 0) is 30.5 Å². The second-order valence-corrected chi connectivity index (χ2v) is 5.78. The maximum atomic E-state index is 12.5. The van der Waals surface area contributed by atoms with Gasteiger partial charge in [-0.25, -0.2) is 4.98 Å². The van der Waals surface area contributed by atoms with E-state index < -0.39 is 0 Å². The van der Waals surface area contributed by atoms with Crippen molar-refractivity contribution in [3.8, 4) is 0 Å². The first kappa shape index (κ1) is 15.1. The van der Waals surface area contributed by atoms with Crippen LogP contribution in [0.25, 0.3) is 11.1 Å². The van der Waals surface area contributed by atoms with Crippen molar-refractivity contribution in [2.75, 3.05) is 0 Å². The standard InChI is InChI=1S/C17H18N4O2/c1-10(2)15-14-7-13(9-19-17(14)23-21-15)16(22)20-11(3)12-5-4-6-18-8-12/h4-11H,1-3H3,(H,20,22). The van der Waals surface area contributed by atoms with E-state index in [-0.39, 0.29) is 17.9 Å². The molecule has 6 heteroatoms. The van der Waals surface area contributed by atoms with Crippen molar-refractivity contribution < 1.29 is 9.32 Å². The number of rotatable bonds is 4. The first-order valence-electron chi connectivity index (χ1n) is 7.52. The number of nitrogens with zero attached hydrogens (tertiary/aromatic N) is 3. The molecule has 1 N–H and O–H groups in total. The molecule has 0 saturated heterocycles. The van der Waals surface area contributed by atoms with Gasteiger partial charge in [-0.1, -0.05) is 25.1 Å². The van der Waals surface area contributed by atoms with E-state index in [0.717, 1.165) is 16.6 Å². The molecule has 6 nitrogen and oxygen atoms in total. The number of nitrogens with one attached hydrogen (secondary N) is 1. The zero-order valence-corrected chi connectivity index (χ0v) is 13.3. The molecule has 118 valence electrons. The Morgan fingerprint density at radius 3 is 2.78 bits per heavy atom. The van der Waals surface area contributed by atoms with Crippen molar-refractivity contribution in [2.24, 2.45) is 0 Å². The molecule has 0 aliphatic heterocycles. The normalized spacial score (nSPS) is 12.5. The molecule has 23 heavy (non-hydrogen) atoms. The molecule has 0 aliphatic carbocycles. The fraction of sp³-hybridized carbons (Fsp3) is 0.294. The molecule has 3 heterocycles. The molecular formula is C17H18N4O2. The SMILES string of the molecule is CC(C)c1noc2ncc(C(=O)NC(C)c3cccnc3)cc12.